The number of aryl methyl sites for hydroxylation is 1. The Morgan fingerprint density at radius 1 is 0.857 bits per heavy atom. The number of aromatic nitrogens is 3. The number of nitrogens with zero attached hydrogens (tertiary/aromatic N) is 10. The van der Waals surface area contributed by atoms with E-state index >= 15 is 0 Å². The maximum absolute atomic E-state index is 14.4. The number of fused-ring (bicyclic) bond motifs is 2. The molecule has 7 atom stereocenters. The first-order chi connectivity index (χ1) is 40.7. The van der Waals surface area contributed by atoms with Crippen molar-refractivity contribution in [1.82, 2.24) is 40.0 Å². The molecule has 6 fully saturated rings. The van der Waals surface area contributed by atoms with E-state index in [-0.39, 0.29) is 66.7 Å². The van der Waals surface area contributed by atoms with E-state index in [0.717, 1.165) is 154 Å². The first-order valence-corrected chi connectivity index (χ1v) is 31.3. The summed E-state index contributed by atoms with van der Waals surface area (Å²) >= 11 is 1.60. The Hall–Kier alpha value is -6.84. The van der Waals surface area contributed by atoms with Crippen molar-refractivity contribution in [1.29, 1.82) is 0 Å². The number of pyridine rings is 1. The number of carbonyl (C=O) groups is 2. The van der Waals surface area contributed by atoms with Crippen molar-refractivity contribution in [2.75, 3.05) is 88.3 Å². The van der Waals surface area contributed by atoms with Gasteiger partial charge in [-0.2, -0.15) is 0 Å². The van der Waals surface area contributed by atoms with Crippen LogP contribution in [0.1, 0.15) is 106 Å². The summed E-state index contributed by atoms with van der Waals surface area (Å²) in [7, 11) is 0. The Labute approximate surface area is 497 Å². The first-order valence-electron chi connectivity index (χ1n) is 30.4. The standard InChI is InChI=1S/C64H82N12O7S/c1-39(2)60(64(80)75-37-48(77)29-55(75)63(79)69-41(4)43-10-12-44(13-11-43)61-42(5)68-38-84-61)57-33-58(70-83-57)73-26-24-72(25-27-73)23-22-71-20-17-49(18-21-71)81-50-30-51(31-50)82-59-28-45(16-19-66-59)76-46-14-15-47(76)36-74(35-46)54-32-53(40(3)34-67-62(54)65)52-8-6-7-9-56(52)78/h6-13,16,19,28,32-33,38-39,41,46-51,53,55,60,77-78H,3,14-15,17-18,20-27,29-31,34-37H2,1-2,4-5H3,(H2,65,67)(H,69,79)/t41-,46?,47?,48+,50?,51?,53?,55-,60+/m0/s1. The van der Waals surface area contributed by atoms with Crippen molar-refractivity contribution in [3.8, 4) is 22.1 Å². The fraction of sp³-hybridized carbons (Fsp3) is 0.531. The van der Waals surface area contributed by atoms with Gasteiger partial charge in [0, 0.05) is 139 Å². The van der Waals surface area contributed by atoms with Gasteiger partial charge in [0.1, 0.15) is 29.6 Å². The number of thiazole rings is 1. The summed E-state index contributed by atoms with van der Waals surface area (Å²) in [5.74, 6) is 1.15. The van der Waals surface area contributed by atoms with Crippen LogP contribution < -0.4 is 25.6 Å². The molecule has 3 unspecified atom stereocenters. The van der Waals surface area contributed by atoms with Gasteiger partial charge in [0.25, 0.3) is 0 Å². The van der Waals surface area contributed by atoms with Gasteiger partial charge in [-0.1, -0.05) is 68.0 Å². The van der Waals surface area contributed by atoms with Gasteiger partial charge in [-0.25, -0.2) is 9.97 Å². The molecule has 9 heterocycles. The van der Waals surface area contributed by atoms with Crippen LogP contribution >= 0.6 is 11.3 Å². The lowest BCUT2D eigenvalue weighted by Crippen LogP contribution is -2.54. The molecule has 19 nitrogen and oxygen atoms in total. The first kappa shape index (κ1) is 57.6. The second-order valence-corrected chi connectivity index (χ2v) is 25.5. The van der Waals surface area contributed by atoms with Gasteiger partial charge in [0.15, 0.2) is 11.6 Å². The normalized spacial score (nSPS) is 26.0. The molecule has 6 aliphatic heterocycles. The number of likely N-dealkylation sites (tertiary alicyclic amines) is 3. The number of hydrogen-bond acceptors (Lipinski definition) is 18. The fourth-order valence-electron chi connectivity index (χ4n) is 13.8. The van der Waals surface area contributed by atoms with Crippen LogP contribution in [-0.4, -0.2) is 184 Å². The number of piperidine rings is 1. The zero-order valence-corrected chi connectivity index (χ0v) is 49.8. The Bertz CT molecular complexity index is 3180. The number of hydrogen-bond donors (Lipinski definition) is 4. The average molecular weight is 1160 g/mol. The molecule has 5 N–H and O–H groups in total. The lowest BCUT2D eigenvalue weighted by atomic mass is 9.90. The number of amides is 2. The highest BCUT2D eigenvalue weighted by Crippen LogP contribution is 2.41. The lowest BCUT2D eigenvalue weighted by molar-refractivity contribution is -0.141. The molecule has 2 aromatic carbocycles. The van der Waals surface area contributed by atoms with E-state index in [1.807, 2.05) is 87.9 Å². The molecule has 2 bridgehead atoms. The number of aliphatic hydroxyl groups excluding tert-OH is 1. The van der Waals surface area contributed by atoms with Gasteiger partial charge >= 0.3 is 0 Å². The van der Waals surface area contributed by atoms with Crippen molar-refractivity contribution in [2.24, 2.45) is 16.6 Å². The number of amidine groups is 1. The van der Waals surface area contributed by atoms with Gasteiger partial charge < -0.3 is 59.8 Å². The second-order valence-electron chi connectivity index (χ2n) is 24.7. The van der Waals surface area contributed by atoms with E-state index in [1.54, 1.807) is 17.4 Å². The number of phenols is 1. The predicted molar refractivity (Wildman–Crippen MR) is 325 cm³/mol. The van der Waals surface area contributed by atoms with Gasteiger partial charge in [-0.15, -0.1) is 11.3 Å². The van der Waals surface area contributed by atoms with Crippen molar-refractivity contribution in [2.45, 2.75) is 133 Å². The molecule has 5 aromatic rings. The van der Waals surface area contributed by atoms with E-state index in [0.29, 0.717) is 36.1 Å². The van der Waals surface area contributed by atoms with Crippen molar-refractivity contribution < 1.29 is 33.8 Å². The Morgan fingerprint density at radius 2 is 1.58 bits per heavy atom. The number of β-amino-alcohol motifs (C(OH)–C–C–N with tert-alkyl or cyclic N) is 1. The molecule has 446 valence electrons. The highest BCUT2D eigenvalue weighted by Gasteiger charge is 2.45. The highest BCUT2D eigenvalue weighted by atomic mass is 32.1. The minimum atomic E-state index is -0.805. The van der Waals surface area contributed by atoms with Crippen LogP contribution in [-0.2, 0) is 14.3 Å². The van der Waals surface area contributed by atoms with Crippen LogP contribution in [0.15, 0.2) is 112 Å². The van der Waals surface area contributed by atoms with Gasteiger partial charge in [0.2, 0.25) is 17.7 Å². The number of ether oxygens (including phenoxy) is 2. The Morgan fingerprint density at radius 3 is 2.29 bits per heavy atom. The van der Waals surface area contributed by atoms with Gasteiger partial charge in [-0.3, -0.25) is 19.5 Å². The monoisotopic (exact) mass is 1160 g/mol. The molecule has 0 radical (unpaired) electrons. The largest absolute Gasteiger partial charge is 0.508 e. The quantitative estimate of drug-likeness (QED) is 0.0636. The Kier molecular flexibility index (Phi) is 17.1. The topological polar surface area (TPSA) is 215 Å². The number of aliphatic imine (C=N–C) groups is 1. The fourth-order valence-corrected chi connectivity index (χ4v) is 14.6. The number of aromatic hydroxyl groups is 1. The van der Waals surface area contributed by atoms with Gasteiger partial charge in [0.05, 0.1) is 52.7 Å². The number of benzene rings is 2. The van der Waals surface area contributed by atoms with Gasteiger partial charge in [-0.05, 0) is 80.4 Å². The van der Waals surface area contributed by atoms with E-state index in [4.69, 9.17) is 24.7 Å². The zero-order valence-electron chi connectivity index (χ0n) is 49.0. The summed E-state index contributed by atoms with van der Waals surface area (Å²) in [4.78, 5) is 56.9. The van der Waals surface area contributed by atoms with Crippen LogP contribution in [0.2, 0.25) is 0 Å². The third-order valence-electron chi connectivity index (χ3n) is 18.7. The van der Waals surface area contributed by atoms with Crippen LogP contribution in [0.5, 0.6) is 11.6 Å². The van der Waals surface area contributed by atoms with E-state index in [9.17, 15) is 19.8 Å². The number of nitrogens with two attached hydrogens (primary N) is 1. The van der Waals surface area contributed by atoms with Crippen LogP contribution in [0.25, 0.3) is 10.4 Å². The second kappa shape index (κ2) is 25.0. The molecule has 3 aromatic heterocycles. The molecule has 84 heavy (non-hydrogen) atoms. The molecular weight excluding hydrogens is 1080 g/mol. The summed E-state index contributed by atoms with van der Waals surface area (Å²) < 4.78 is 19.1. The number of para-hydroxylation sites is 1. The average Bonchev–Trinajstić information content (AvgIpc) is 4.27. The molecule has 2 amide bonds. The molecule has 7 aliphatic rings. The van der Waals surface area contributed by atoms with E-state index in [1.165, 1.54) is 4.90 Å². The summed E-state index contributed by atoms with van der Waals surface area (Å²) in [6.07, 6.45) is 9.93. The number of aliphatic hydroxyl groups is 1. The SMILES string of the molecule is C=C1CN=C(N)C(N2CC3CCC(C2)N3c2ccnc(OC3CC(OC4CCN(CCN5CCN(c6cc([C@H](C(=O)N7C[C@H](O)C[C@H]7C(=O)N[C@@H](C)c7ccc(-c8scnc8C)cc7)C(C)C)on6)CC5)CC4)C3)c2)=CC1c1ccccc1O. The predicted octanol–water partition coefficient (Wildman–Crippen LogP) is 7.25. The van der Waals surface area contributed by atoms with Crippen molar-refractivity contribution in [3.05, 3.63) is 125 Å². The maximum atomic E-state index is 14.4. The number of phenolic OH excluding ortho intramolecular Hbond substituents is 1. The number of anilines is 2. The van der Waals surface area contributed by atoms with Crippen LogP contribution in [0.4, 0.5) is 11.5 Å². The van der Waals surface area contributed by atoms with Crippen molar-refractivity contribution >= 4 is 40.5 Å². The van der Waals surface area contributed by atoms with E-state index < -0.39 is 18.1 Å². The van der Waals surface area contributed by atoms with E-state index in [2.05, 4.69) is 69.7 Å². The zero-order chi connectivity index (χ0) is 58.2. The third-order valence-corrected chi connectivity index (χ3v) is 19.7. The number of rotatable bonds is 18. The smallest absolute Gasteiger partial charge is 0.243 e. The summed E-state index contributed by atoms with van der Waals surface area (Å²) in [6.45, 7) is 21.8. The number of carbonyl (C=O) groups excluding carboxylic acids is 2. The number of piperazine rings is 2. The molecule has 20 heteroatoms. The van der Waals surface area contributed by atoms with Crippen LogP contribution in [0.3, 0.4) is 0 Å². The molecule has 5 saturated heterocycles. The minimum Gasteiger partial charge on any atom is -0.508 e. The lowest BCUT2D eigenvalue weighted by Gasteiger charge is -2.44. The van der Waals surface area contributed by atoms with Crippen molar-refractivity contribution in [3.63, 3.8) is 0 Å². The summed E-state index contributed by atoms with van der Waals surface area (Å²) in [6, 6.07) is 21.2. The minimum absolute atomic E-state index is 0.0819. The molecule has 0 spiro atoms. The molecule has 12 rings (SSSR count). The highest BCUT2D eigenvalue weighted by molar-refractivity contribution is 7.13. The van der Waals surface area contributed by atoms with Crippen LogP contribution in [0, 0.1) is 12.8 Å². The Balaban J connectivity index is 0.555. The number of nitrogens with one attached hydrogen (secondary N) is 1. The summed E-state index contributed by atoms with van der Waals surface area (Å²) in [5, 5.41) is 29.1. The maximum Gasteiger partial charge on any atom is 0.243 e. The third kappa shape index (κ3) is 12.5. The number of allylic oxidation sites excluding steroid dienone is 1. The molecule has 1 saturated carbocycles. The molecule has 1 aliphatic carbocycles. The molecular formula is C64H82N12O7S. The summed E-state index contributed by atoms with van der Waals surface area (Å²) in [5.41, 5.74) is 15.3.